The van der Waals surface area contributed by atoms with Crippen molar-refractivity contribution in [1.29, 1.82) is 0 Å². The summed E-state index contributed by atoms with van der Waals surface area (Å²) in [6.07, 6.45) is 1.59. The number of rotatable bonds is 6. The molecule has 0 heterocycles. The summed E-state index contributed by atoms with van der Waals surface area (Å²) in [5.74, 6) is -1.03. The smallest absolute Gasteiger partial charge is 0.126 e. The minimum absolute atomic E-state index is 0.515. The van der Waals surface area contributed by atoms with Crippen LogP contribution in [-0.2, 0) is 12.8 Å². The van der Waals surface area contributed by atoms with Gasteiger partial charge in [-0.25, -0.2) is 8.78 Å². The van der Waals surface area contributed by atoms with E-state index in [9.17, 15) is 8.78 Å². The van der Waals surface area contributed by atoms with Gasteiger partial charge in [0.05, 0.1) is 0 Å². The van der Waals surface area contributed by atoms with Crippen LogP contribution in [0.2, 0.25) is 0 Å². The minimum atomic E-state index is -0.515. The molecule has 0 saturated carbocycles. The molecule has 1 nitrogen and oxygen atoms in total. The van der Waals surface area contributed by atoms with Crippen LogP contribution in [0.1, 0.15) is 11.1 Å². The SMILES string of the molecule is Fc1cc(F)cc(CCNCCc2ccccc2)c1. The fraction of sp³-hybridized carbons (Fsp3) is 0.250. The largest absolute Gasteiger partial charge is 0.316 e. The van der Waals surface area contributed by atoms with Gasteiger partial charge in [0.2, 0.25) is 0 Å². The van der Waals surface area contributed by atoms with Gasteiger partial charge in [-0.05, 0) is 49.2 Å². The molecule has 0 aliphatic rings. The van der Waals surface area contributed by atoms with E-state index in [-0.39, 0.29) is 0 Å². The molecule has 2 aromatic rings. The molecule has 2 aromatic carbocycles. The topological polar surface area (TPSA) is 12.0 Å². The van der Waals surface area contributed by atoms with Crippen LogP contribution in [0.5, 0.6) is 0 Å². The van der Waals surface area contributed by atoms with Crippen molar-refractivity contribution in [2.75, 3.05) is 13.1 Å². The Morgan fingerprint density at radius 3 is 1.95 bits per heavy atom. The Bertz CT molecular complexity index is 491. The van der Waals surface area contributed by atoms with E-state index in [0.717, 1.165) is 25.6 Å². The molecule has 0 amide bonds. The summed E-state index contributed by atoms with van der Waals surface area (Å²) in [6, 6.07) is 13.9. The van der Waals surface area contributed by atoms with Crippen LogP contribution in [0, 0.1) is 11.6 Å². The minimum Gasteiger partial charge on any atom is -0.316 e. The normalized spacial score (nSPS) is 10.6. The van der Waals surface area contributed by atoms with Crippen molar-refractivity contribution < 1.29 is 8.78 Å². The van der Waals surface area contributed by atoms with E-state index in [1.165, 1.54) is 17.7 Å². The lowest BCUT2D eigenvalue weighted by Crippen LogP contribution is -2.20. The zero-order valence-electron chi connectivity index (χ0n) is 10.7. The van der Waals surface area contributed by atoms with Crippen molar-refractivity contribution in [2.45, 2.75) is 12.8 Å². The number of hydrogen-bond acceptors (Lipinski definition) is 1. The van der Waals surface area contributed by atoms with Gasteiger partial charge in [0, 0.05) is 6.07 Å². The molecular weight excluding hydrogens is 244 g/mol. The number of nitrogens with one attached hydrogen (secondary N) is 1. The molecule has 0 saturated heterocycles. The maximum absolute atomic E-state index is 13.0. The standard InChI is InChI=1S/C16H17F2N/c17-15-10-14(11-16(18)12-15)7-9-19-8-6-13-4-2-1-3-5-13/h1-5,10-12,19H,6-9H2. The number of hydrogen-bond donors (Lipinski definition) is 1. The highest BCUT2D eigenvalue weighted by Crippen LogP contribution is 2.08. The molecule has 1 N–H and O–H groups in total. The van der Waals surface area contributed by atoms with E-state index >= 15 is 0 Å². The lowest BCUT2D eigenvalue weighted by molar-refractivity contribution is 0.577. The first-order valence-electron chi connectivity index (χ1n) is 6.43. The summed E-state index contributed by atoms with van der Waals surface area (Å²) in [7, 11) is 0. The lowest BCUT2D eigenvalue weighted by Gasteiger charge is -2.05. The number of halogens is 2. The number of benzene rings is 2. The third-order valence-corrected chi connectivity index (χ3v) is 2.95. The van der Waals surface area contributed by atoms with Gasteiger partial charge < -0.3 is 5.32 Å². The summed E-state index contributed by atoms with van der Waals surface area (Å²) < 4.78 is 25.9. The Balaban J connectivity index is 1.69. The second kappa shape index (κ2) is 7.00. The highest BCUT2D eigenvalue weighted by atomic mass is 19.1. The van der Waals surface area contributed by atoms with E-state index in [0.29, 0.717) is 12.0 Å². The molecule has 0 atom stereocenters. The third-order valence-electron chi connectivity index (χ3n) is 2.95. The van der Waals surface area contributed by atoms with Crippen LogP contribution in [0.3, 0.4) is 0 Å². The highest BCUT2D eigenvalue weighted by Gasteiger charge is 2.00. The van der Waals surface area contributed by atoms with Crippen molar-refractivity contribution in [3.05, 3.63) is 71.3 Å². The van der Waals surface area contributed by atoms with Gasteiger partial charge in [0.1, 0.15) is 11.6 Å². The van der Waals surface area contributed by atoms with Crippen LogP contribution in [-0.4, -0.2) is 13.1 Å². The second-order valence-electron chi connectivity index (χ2n) is 4.51. The molecule has 0 aliphatic carbocycles. The highest BCUT2D eigenvalue weighted by molar-refractivity contribution is 5.18. The average Bonchev–Trinajstić information content (AvgIpc) is 2.38. The Labute approximate surface area is 112 Å². The Morgan fingerprint density at radius 1 is 0.737 bits per heavy atom. The molecule has 0 spiro atoms. The summed E-state index contributed by atoms with van der Waals surface area (Å²) in [5.41, 5.74) is 1.97. The monoisotopic (exact) mass is 261 g/mol. The van der Waals surface area contributed by atoms with Crippen molar-refractivity contribution >= 4 is 0 Å². The molecular formula is C16H17F2N. The lowest BCUT2D eigenvalue weighted by atomic mass is 10.1. The fourth-order valence-electron chi connectivity index (χ4n) is 1.99. The molecule has 19 heavy (non-hydrogen) atoms. The quantitative estimate of drug-likeness (QED) is 0.786. The Kier molecular flexibility index (Phi) is 5.04. The van der Waals surface area contributed by atoms with E-state index in [1.54, 1.807) is 0 Å². The fourth-order valence-corrected chi connectivity index (χ4v) is 1.99. The van der Waals surface area contributed by atoms with Crippen molar-refractivity contribution in [1.82, 2.24) is 5.32 Å². The predicted molar refractivity (Wildman–Crippen MR) is 73.1 cm³/mol. The van der Waals surface area contributed by atoms with Gasteiger partial charge in [-0.3, -0.25) is 0 Å². The predicted octanol–water partition coefficient (Wildman–Crippen LogP) is 3.34. The van der Waals surface area contributed by atoms with Crippen molar-refractivity contribution in [3.8, 4) is 0 Å². The first-order chi connectivity index (χ1) is 9.24. The zero-order chi connectivity index (χ0) is 13.5. The van der Waals surface area contributed by atoms with E-state index in [1.807, 2.05) is 18.2 Å². The molecule has 2 rings (SSSR count). The molecule has 0 aromatic heterocycles. The van der Waals surface area contributed by atoms with Gasteiger partial charge >= 0.3 is 0 Å². The van der Waals surface area contributed by atoms with Crippen molar-refractivity contribution in [3.63, 3.8) is 0 Å². The van der Waals surface area contributed by atoms with Crippen LogP contribution in [0.25, 0.3) is 0 Å². The van der Waals surface area contributed by atoms with Crippen molar-refractivity contribution in [2.24, 2.45) is 0 Å². The van der Waals surface area contributed by atoms with Gasteiger partial charge in [0.25, 0.3) is 0 Å². The van der Waals surface area contributed by atoms with E-state index in [4.69, 9.17) is 0 Å². The molecule has 0 radical (unpaired) electrons. The maximum atomic E-state index is 13.0. The summed E-state index contributed by atoms with van der Waals surface area (Å²) in [6.45, 7) is 1.58. The Hall–Kier alpha value is -1.74. The molecule has 0 aliphatic heterocycles. The van der Waals surface area contributed by atoms with Gasteiger partial charge in [-0.1, -0.05) is 30.3 Å². The first-order valence-corrected chi connectivity index (χ1v) is 6.43. The van der Waals surface area contributed by atoms with Gasteiger partial charge in [0.15, 0.2) is 0 Å². The molecule has 0 unspecified atom stereocenters. The van der Waals surface area contributed by atoms with Crippen LogP contribution < -0.4 is 5.32 Å². The van der Waals surface area contributed by atoms with Crippen LogP contribution in [0.15, 0.2) is 48.5 Å². The second-order valence-corrected chi connectivity index (χ2v) is 4.51. The van der Waals surface area contributed by atoms with Crippen LogP contribution >= 0.6 is 0 Å². The molecule has 3 heteroatoms. The molecule has 0 bridgehead atoms. The van der Waals surface area contributed by atoms with Gasteiger partial charge in [-0.15, -0.1) is 0 Å². The van der Waals surface area contributed by atoms with E-state index < -0.39 is 11.6 Å². The first kappa shape index (κ1) is 13.7. The van der Waals surface area contributed by atoms with Gasteiger partial charge in [-0.2, -0.15) is 0 Å². The maximum Gasteiger partial charge on any atom is 0.126 e. The molecule has 100 valence electrons. The third kappa shape index (κ3) is 4.79. The Morgan fingerprint density at radius 2 is 1.32 bits per heavy atom. The zero-order valence-corrected chi connectivity index (χ0v) is 10.7. The molecule has 0 fully saturated rings. The summed E-state index contributed by atoms with van der Waals surface area (Å²) in [4.78, 5) is 0. The average molecular weight is 261 g/mol. The van der Waals surface area contributed by atoms with E-state index in [2.05, 4.69) is 17.4 Å². The van der Waals surface area contributed by atoms with Crippen LogP contribution in [0.4, 0.5) is 8.78 Å². The summed E-state index contributed by atoms with van der Waals surface area (Å²) in [5, 5.41) is 3.28. The summed E-state index contributed by atoms with van der Waals surface area (Å²) >= 11 is 0.